The van der Waals surface area contributed by atoms with Gasteiger partial charge in [0, 0.05) is 23.0 Å². The van der Waals surface area contributed by atoms with Gasteiger partial charge in [0.15, 0.2) is 6.61 Å². The first kappa shape index (κ1) is 22.0. The molecule has 0 aliphatic heterocycles. The van der Waals surface area contributed by atoms with Crippen LogP contribution in [0.3, 0.4) is 0 Å². The molecule has 0 saturated carbocycles. The molecule has 0 radical (unpaired) electrons. The SMILES string of the molecule is CN(c1cccc(Cl)c1)S(=O)(=O)c1cccc(C(=O)OCc2nc(-c3ccsc3)no2)c1. The van der Waals surface area contributed by atoms with Gasteiger partial charge in [-0.1, -0.05) is 28.9 Å². The molecule has 0 aliphatic carbocycles. The molecule has 0 saturated heterocycles. The molecule has 0 spiro atoms. The Balaban J connectivity index is 1.48. The zero-order valence-corrected chi connectivity index (χ0v) is 19.0. The topological polar surface area (TPSA) is 103 Å². The van der Waals surface area contributed by atoms with Crippen molar-refractivity contribution in [1.29, 1.82) is 0 Å². The maximum absolute atomic E-state index is 13.0. The van der Waals surface area contributed by atoms with Crippen LogP contribution in [-0.4, -0.2) is 31.6 Å². The van der Waals surface area contributed by atoms with Crippen LogP contribution < -0.4 is 4.31 Å². The van der Waals surface area contributed by atoms with E-state index >= 15 is 0 Å². The van der Waals surface area contributed by atoms with E-state index in [1.165, 1.54) is 48.7 Å². The Labute approximate surface area is 193 Å². The third-order valence-corrected chi connectivity index (χ3v) is 7.17. The molecule has 0 N–H and O–H groups in total. The zero-order valence-electron chi connectivity index (χ0n) is 16.6. The lowest BCUT2D eigenvalue weighted by atomic mass is 10.2. The lowest BCUT2D eigenvalue weighted by Crippen LogP contribution is -2.26. The van der Waals surface area contributed by atoms with E-state index in [0.717, 1.165) is 9.87 Å². The average Bonchev–Trinajstić information content (AvgIpc) is 3.49. The van der Waals surface area contributed by atoms with Crippen LogP contribution >= 0.6 is 22.9 Å². The summed E-state index contributed by atoms with van der Waals surface area (Å²) in [5.74, 6) is -0.193. The number of benzene rings is 2. The molecule has 0 fully saturated rings. The van der Waals surface area contributed by atoms with Gasteiger partial charge in [-0.15, -0.1) is 0 Å². The molecule has 0 unspecified atom stereocenters. The molecule has 11 heteroatoms. The normalized spacial score (nSPS) is 11.3. The fraction of sp³-hybridized carbons (Fsp3) is 0.0952. The molecule has 4 aromatic rings. The Morgan fingerprint density at radius 2 is 2.00 bits per heavy atom. The molecule has 4 rings (SSSR count). The van der Waals surface area contributed by atoms with Gasteiger partial charge in [-0.2, -0.15) is 16.3 Å². The summed E-state index contributed by atoms with van der Waals surface area (Å²) >= 11 is 7.47. The summed E-state index contributed by atoms with van der Waals surface area (Å²) in [6, 6.07) is 13.9. The number of carbonyl (C=O) groups excluding carboxylic acids is 1. The maximum Gasteiger partial charge on any atom is 0.338 e. The van der Waals surface area contributed by atoms with E-state index in [-0.39, 0.29) is 23.0 Å². The first-order valence-electron chi connectivity index (χ1n) is 9.21. The number of ether oxygens (including phenoxy) is 1. The van der Waals surface area contributed by atoms with E-state index in [1.807, 2.05) is 16.8 Å². The van der Waals surface area contributed by atoms with Crippen LogP contribution in [0.4, 0.5) is 5.69 Å². The van der Waals surface area contributed by atoms with Crippen LogP contribution in [0.1, 0.15) is 16.2 Å². The number of carbonyl (C=O) groups is 1. The lowest BCUT2D eigenvalue weighted by molar-refractivity contribution is 0.0429. The number of aromatic nitrogens is 2. The largest absolute Gasteiger partial charge is 0.452 e. The third-order valence-electron chi connectivity index (χ3n) is 4.47. The highest BCUT2D eigenvalue weighted by Gasteiger charge is 2.23. The van der Waals surface area contributed by atoms with Crippen LogP contribution in [0.15, 0.2) is 74.8 Å². The summed E-state index contributed by atoms with van der Waals surface area (Å²) in [6.07, 6.45) is 0. The summed E-state index contributed by atoms with van der Waals surface area (Å²) in [5, 5.41) is 8.01. The number of halogens is 1. The highest BCUT2D eigenvalue weighted by molar-refractivity contribution is 7.92. The molecular formula is C21H16ClN3O5S2. The molecule has 164 valence electrons. The van der Waals surface area contributed by atoms with Gasteiger partial charge in [-0.3, -0.25) is 4.31 Å². The maximum atomic E-state index is 13.0. The predicted octanol–water partition coefficient (Wildman–Crippen LogP) is 4.63. The van der Waals surface area contributed by atoms with Crippen molar-refractivity contribution >= 4 is 44.6 Å². The molecule has 2 aromatic carbocycles. The lowest BCUT2D eigenvalue weighted by Gasteiger charge is -2.20. The Kier molecular flexibility index (Phi) is 6.26. The summed E-state index contributed by atoms with van der Waals surface area (Å²) in [5.41, 5.74) is 1.27. The molecule has 0 aliphatic rings. The van der Waals surface area contributed by atoms with Crippen molar-refractivity contribution in [2.24, 2.45) is 0 Å². The minimum absolute atomic E-state index is 0.0630. The van der Waals surface area contributed by atoms with E-state index in [1.54, 1.807) is 18.2 Å². The molecular weight excluding hydrogens is 474 g/mol. The number of nitrogens with zero attached hydrogens (tertiary/aromatic N) is 3. The quantitative estimate of drug-likeness (QED) is 0.348. The summed E-state index contributed by atoms with van der Waals surface area (Å²) in [6.45, 7) is -0.241. The molecule has 2 aromatic heterocycles. The van der Waals surface area contributed by atoms with Crippen molar-refractivity contribution in [3.63, 3.8) is 0 Å². The van der Waals surface area contributed by atoms with Crippen LogP contribution in [0.2, 0.25) is 5.02 Å². The Morgan fingerprint density at radius 1 is 1.19 bits per heavy atom. The van der Waals surface area contributed by atoms with Gasteiger partial charge in [0.25, 0.3) is 15.9 Å². The van der Waals surface area contributed by atoms with E-state index in [0.29, 0.717) is 16.5 Å². The number of rotatable bonds is 7. The van der Waals surface area contributed by atoms with Crippen LogP contribution in [0.5, 0.6) is 0 Å². The second-order valence-corrected chi connectivity index (χ2v) is 9.77. The minimum Gasteiger partial charge on any atom is -0.452 e. The number of hydrogen-bond acceptors (Lipinski definition) is 8. The summed E-state index contributed by atoms with van der Waals surface area (Å²) in [4.78, 5) is 16.6. The van der Waals surface area contributed by atoms with E-state index in [2.05, 4.69) is 10.1 Å². The van der Waals surface area contributed by atoms with Crippen molar-refractivity contribution in [2.75, 3.05) is 11.4 Å². The molecule has 8 nitrogen and oxygen atoms in total. The molecule has 0 bridgehead atoms. The number of sulfonamides is 1. The molecule has 2 heterocycles. The second kappa shape index (κ2) is 9.11. The van der Waals surface area contributed by atoms with Crippen molar-refractivity contribution in [2.45, 2.75) is 11.5 Å². The van der Waals surface area contributed by atoms with Crippen molar-refractivity contribution in [3.8, 4) is 11.4 Å². The summed E-state index contributed by atoms with van der Waals surface area (Å²) < 4.78 is 37.4. The van der Waals surface area contributed by atoms with Gasteiger partial charge in [0.05, 0.1) is 16.1 Å². The number of esters is 1. The zero-order chi connectivity index (χ0) is 22.7. The Morgan fingerprint density at radius 3 is 2.75 bits per heavy atom. The first-order valence-corrected chi connectivity index (χ1v) is 12.0. The number of anilines is 1. The average molecular weight is 490 g/mol. The Hall–Kier alpha value is -3.21. The molecule has 32 heavy (non-hydrogen) atoms. The van der Waals surface area contributed by atoms with Gasteiger partial charge in [-0.25, -0.2) is 13.2 Å². The van der Waals surface area contributed by atoms with Crippen molar-refractivity contribution < 1.29 is 22.5 Å². The van der Waals surface area contributed by atoms with Crippen molar-refractivity contribution in [3.05, 3.63) is 81.8 Å². The van der Waals surface area contributed by atoms with Crippen LogP contribution in [0.25, 0.3) is 11.4 Å². The molecule has 0 atom stereocenters. The van der Waals surface area contributed by atoms with Crippen LogP contribution in [0, 0.1) is 0 Å². The smallest absolute Gasteiger partial charge is 0.338 e. The first-order chi connectivity index (χ1) is 15.3. The standard InChI is InChI=1S/C21H16ClN3O5S2/c1-25(17-6-3-5-16(22)11-17)32(27,28)18-7-2-4-14(10-18)21(26)29-12-19-23-20(24-30-19)15-8-9-31-13-15/h2-11,13H,12H2,1H3. The highest BCUT2D eigenvalue weighted by Crippen LogP contribution is 2.25. The Bertz CT molecular complexity index is 1350. The van der Waals surface area contributed by atoms with E-state index in [4.69, 9.17) is 20.9 Å². The third kappa shape index (κ3) is 4.67. The number of hydrogen-bond donors (Lipinski definition) is 0. The van der Waals surface area contributed by atoms with Gasteiger partial charge < -0.3 is 9.26 Å². The van der Waals surface area contributed by atoms with Crippen molar-refractivity contribution in [1.82, 2.24) is 10.1 Å². The van der Waals surface area contributed by atoms with Gasteiger partial charge in [0.1, 0.15) is 0 Å². The van der Waals surface area contributed by atoms with Gasteiger partial charge in [-0.05, 0) is 47.8 Å². The minimum atomic E-state index is -3.93. The van der Waals surface area contributed by atoms with Gasteiger partial charge in [0.2, 0.25) is 5.82 Å². The number of thiophene rings is 1. The fourth-order valence-electron chi connectivity index (χ4n) is 2.79. The summed E-state index contributed by atoms with van der Waals surface area (Å²) in [7, 11) is -2.52. The monoisotopic (exact) mass is 489 g/mol. The van der Waals surface area contributed by atoms with E-state index in [9.17, 15) is 13.2 Å². The predicted molar refractivity (Wildman–Crippen MR) is 120 cm³/mol. The molecule has 0 amide bonds. The highest BCUT2D eigenvalue weighted by atomic mass is 35.5. The van der Waals surface area contributed by atoms with Crippen LogP contribution in [-0.2, 0) is 21.4 Å². The fourth-order valence-corrected chi connectivity index (χ4v) is 4.84. The van der Waals surface area contributed by atoms with E-state index < -0.39 is 16.0 Å². The van der Waals surface area contributed by atoms with Gasteiger partial charge >= 0.3 is 5.97 Å². The second-order valence-electron chi connectivity index (χ2n) is 6.58.